The Labute approximate surface area is 169 Å². The molecule has 154 valence electrons. The van der Waals surface area contributed by atoms with Crippen LogP contribution in [-0.4, -0.2) is 47.8 Å². The smallest absolute Gasteiger partial charge is 0.289 e. The third kappa shape index (κ3) is 4.59. The van der Waals surface area contributed by atoms with Crippen molar-refractivity contribution in [2.45, 2.75) is 32.7 Å². The van der Waals surface area contributed by atoms with Crippen molar-refractivity contribution in [2.75, 3.05) is 20.8 Å². The normalized spacial score (nSPS) is 11.9. The number of rotatable bonds is 9. The molecule has 29 heavy (non-hydrogen) atoms. The molecule has 0 radical (unpaired) electrons. The maximum Gasteiger partial charge on any atom is 0.289 e. The number of hydrogen-bond acceptors (Lipinski definition) is 7. The minimum absolute atomic E-state index is 0.0563. The van der Waals surface area contributed by atoms with E-state index < -0.39 is 0 Å². The Hall–Kier alpha value is -3.29. The minimum atomic E-state index is -0.149. The van der Waals surface area contributed by atoms with E-state index in [9.17, 15) is 4.79 Å². The van der Waals surface area contributed by atoms with E-state index in [0.717, 1.165) is 12.0 Å². The van der Waals surface area contributed by atoms with E-state index in [1.165, 1.54) is 6.26 Å². The molecule has 1 amide bonds. The number of ether oxygens (including phenoxy) is 2. The Kier molecular flexibility index (Phi) is 6.54. The van der Waals surface area contributed by atoms with E-state index in [-0.39, 0.29) is 11.9 Å². The second kappa shape index (κ2) is 9.27. The highest BCUT2D eigenvalue weighted by molar-refractivity contribution is 5.91. The molecule has 0 saturated carbocycles. The molecule has 0 unspecified atom stereocenters. The van der Waals surface area contributed by atoms with E-state index in [4.69, 9.17) is 18.4 Å². The Bertz CT molecular complexity index is 936. The van der Waals surface area contributed by atoms with Gasteiger partial charge >= 0.3 is 0 Å². The Morgan fingerprint density at radius 1 is 1.21 bits per heavy atom. The lowest BCUT2D eigenvalue weighted by Crippen LogP contribution is -2.39. The molecule has 0 N–H and O–H groups in total. The van der Waals surface area contributed by atoms with Gasteiger partial charge in [-0.15, -0.1) is 0 Å². The number of hydrogen-bond donors (Lipinski definition) is 0. The van der Waals surface area contributed by atoms with Gasteiger partial charge in [-0.3, -0.25) is 4.79 Å². The SMILES string of the molecule is CC[C@H](C)N(CCc1nc(-c2ccc(OC)c(OC)c2)no1)C(=O)c1ccco1. The number of amides is 1. The summed E-state index contributed by atoms with van der Waals surface area (Å²) in [6.07, 6.45) is 2.76. The summed E-state index contributed by atoms with van der Waals surface area (Å²) in [5.74, 6) is 2.29. The Morgan fingerprint density at radius 3 is 2.66 bits per heavy atom. The second-order valence-corrected chi connectivity index (χ2v) is 6.56. The fourth-order valence-corrected chi connectivity index (χ4v) is 2.95. The molecule has 3 rings (SSSR count). The molecule has 2 aromatic heterocycles. The third-order valence-electron chi connectivity index (χ3n) is 4.79. The predicted molar refractivity (Wildman–Crippen MR) is 106 cm³/mol. The molecule has 1 aromatic carbocycles. The molecule has 0 bridgehead atoms. The first kappa shape index (κ1) is 20.4. The van der Waals surface area contributed by atoms with Crippen LogP contribution >= 0.6 is 0 Å². The van der Waals surface area contributed by atoms with Crippen LogP contribution in [0.15, 0.2) is 45.5 Å². The largest absolute Gasteiger partial charge is 0.493 e. The molecule has 0 fully saturated rings. The molecule has 0 aliphatic rings. The van der Waals surface area contributed by atoms with Gasteiger partial charge in [-0.05, 0) is 43.7 Å². The van der Waals surface area contributed by atoms with Crippen LogP contribution in [0.1, 0.15) is 36.7 Å². The average Bonchev–Trinajstić information content (AvgIpc) is 3.45. The van der Waals surface area contributed by atoms with Crippen LogP contribution in [0.25, 0.3) is 11.4 Å². The third-order valence-corrected chi connectivity index (χ3v) is 4.79. The van der Waals surface area contributed by atoms with Gasteiger partial charge in [0.05, 0.1) is 20.5 Å². The van der Waals surface area contributed by atoms with Crippen molar-refractivity contribution in [3.63, 3.8) is 0 Å². The average molecular weight is 399 g/mol. The fourth-order valence-electron chi connectivity index (χ4n) is 2.95. The van der Waals surface area contributed by atoms with Crippen LogP contribution in [0.3, 0.4) is 0 Å². The van der Waals surface area contributed by atoms with Gasteiger partial charge < -0.3 is 23.3 Å². The summed E-state index contributed by atoms with van der Waals surface area (Å²) in [5.41, 5.74) is 0.753. The number of benzene rings is 1. The number of carbonyl (C=O) groups is 1. The zero-order valence-electron chi connectivity index (χ0n) is 17.0. The van der Waals surface area contributed by atoms with Gasteiger partial charge in [0.25, 0.3) is 5.91 Å². The summed E-state index contributed by atoms with van der Waals surface area (Å²) in [5, 5.41) is 4.05. The van der Waals surface area contributed by atoms with Gasteiger partial charge in [0.15, 0.2) is 17.3 Å². The van der Waals surface area contributed by atoms with Crippen LogP contribution in [-0.2, 0) is 6.42 Å². The second-order valence-electron chi connectivity index (χ2n) is 6.56. The maximum absolute atomic E-state index is 12.7. The molecular weight excluding hydrogens is 374 g/mol. The maximum atomic E-state index is 12.7. The quantitative estimate of drug-likeness (QED) is 0.540. The molecule has 1 atom stereocenters. The van der Waals surface area contributed by atoms with E-state index in [1.807, 2.05) is 19.9 Å². The fraction of sp³-hybridized carbons (Fsp3) is 0.381. The van der Waals surface area contributed by atoms with Crippen LogP contribution in [0.4, 0.5) is 0 Å². The highest BCUT2D eigenvalue weighted by Crippen LogP contribution is 2.31. The molecule has 0 spiro atoms. The van der Waals surface area contributed by atoms with Gasteiger partial charge in [-0.2, -0.15) is 4.98 Å². The number of aromatic nitrogens is 2. The monoisotopic (exact) mass is 399 g/mol. The van der Waals surface area contributed by atoms with Gasteiger partial charge in [0, 0.05) is 24.6 Å². The number of methoxy groups -OCH3 is 2. The lowest BCUT2D eigenvalue weighted by molar-refractivity contribution is 0.0654. The summed E-state index contributed by atoms with van der Waals surface area (Å²) >= 11 is 0. The van der Waals surface area contributed by atoms with Gasteiger partial charge in [0.2, 0.25) is 11.7 Å². The summed E-state index contributed by atoms with van der Waals surface area (Å²) in [6, 6.07) is 8.84. The van der Waals surface area contributed by atoms with E-state index >= 15 is 0 Å². The summed E-state index contributed by atoms with van der Waals surface area (Å²) in [4.78, 5) is 18.9. The van der Waals surface area contributed by atoms with Crippen molar-refractivity contribution in [3.05, 3.63) is 48.2 Å². The zero-order valence-corrected chi connectivity index (χ0v) is 17.0. The minimum Gasteiger partial charge on any atom is -0.493 e. The van der Waals surface area contributed by atoms with Crippen LogP contribution in [0, 0.1) is 0 Å². The van der Waals surface area contributed by atoms with Crippen LogP contribution in [0.2, 0.25) is 0 Å². The Morgan fingerprint density at radius 2 is 2.00 bits per heavy atom. The van der Waals surface area contributed by atoms with Crippen molar-refractivity contribution >= 4 is 5.91 Å². The predicted octanol–water partition coefficient (Wildman–Crippen LogP) is 3.83. The molecule has 3 aromatic rings. The summed E-state index contributed by atoms with van der Waals surface area (Å²) in [7, 11) is 3.15. The number of furan rings is 1. The number of nitrogens with zero attached hydrogens (tertiary/aromatic N) is 3. The van der Waals surface area contributed by atoms with Gasteiger partial charge in [0.1, 0.15) is 0 Å². The summed E-state index contributed by atoms with van der Waals surface area (Å²) < 4.78 is 21.2. The van der Waals surface area contributed by atoms with Crippen molar-refractivity contribution in [3.8, 4) is 22.9 Å². The van der Waals surface area contributed by atoms with Gasteiger partial charge in [-0.25, -0.2) is 0 Å². The topological polar surface area (TPSA) is 90.8 Å². The first-order valence-electron chi connectivity index (χ1n) is 9.46. The highest BCUT2D eigenvalue weighted by atomic mass is 16.5. The lowest BCUT2D eigenvalue weighted by Gasteiger charge is -2.27. The van der Waals surface area contributed by atoms with Crippen molar-refractivity contribution in [2.24, 2.45) is 0 Å². The van der Waals surface area contributed by atoms with Crippen LogP contribution in [0.5, 0.6) is 11.5 Å². The van der Waals surface area contributed by atoms with E-state index in [1.54, 1.807) is 43.4 Å². The van der Waals surface area contributed by atoms with E-state index in [2.05, 4.69) is 10.1 Å². The number of carbonyl (C=O) groups excluding carboxylic acids is 1. The van der Waals surface area contributed by atoms with Gasteiger partial charge in [-0.1, -0.05) is 12.1 Å². The van der Waals surface area contributed by atoms with Crippen molar-refractivity contribution in [1.82, 2.24) is 15.0 Å². The molecule has 0 aliphatic heterocycles. The standard InChI is InChI=1S/C21H25N3O5/c1-5-14(2)24(21(25)17-7-6-12-28-17)11-10-19-22-20(23-29-19)15-8-9-16(26-3)18(13-15)27-4/h6-9,12-14H,5,10-11H2,1-4H3/t14-/m0/s1. The molecular formula is C21H25N3O5. The molecule has 8 nitrogen and oxygen atoms in total. The van der Waals surface area contributed by atoms with E-state index in [0.29, 0.717) is 41.9 Å². The highest BCUT2D eigenvalue weighted by Gasteiger charge is 2.23. The molecule has 8 heteroatoms. The zero-order chi connectivity index (χ0) is 20.8. The first-order chi connectivity index (χ1) is 14.1. The van der Waals surface area contributed by atoms with Crippen molar-refractivity contribution < 1.29 is 23.2 Å². The summed E-state index contributed by atoms with van der Waals surface area (Å²) in [6.45, 7) is 4.49. The molecule has 0 saturated heterocycles. The molecule has 0 aliphatic carbocycles. The van der Waals surface area contributed by atoms with Crippen LogP contribution < -0.4 is 9.47 Å². The first-order valence-corrected chi connectivity index (χ1v) is 9.46. The molecule has 2 heterocycles. The van der Waals surface area contributed by atoms with Crippen molar-refractivity contribution in [1.29, 1.82) is 0 Å². The Balaban J connectivity index is 1.72. The lowest BCUT2D eigenvalue weighted by atomic mass is 10.2.